The predicted molar refractivity (Wildman–Crippen MR) is 117 cm³/mol. The Labute approximate surface area is 173 Å². The number of para-hydroxylation sites is 1. The van der Waals surface area contributed by atoms with Crippen LogP contribution in [0, 0.1) is 0 Å². The summed E-state index contributed by atoms with van der Waals surface area (Å²) >= 11 is 0. The molecular weight excluding hydrogens is 364 g/mol. The van der Waals surface area contributed by atoms with Crippen LogP contribution in [0.15, 0.2) is 59.6 Å². The molecule has 6 heteroatoms. The van der Waals surface area contributed by atoms with Gasteiger partial charge in [-0.25, -0.2) is 4.99 Å². The third-order valence-electron chi connectivity index (χ3n) is 4.70. The zero-order valence-electron chi connectivity index (χ0n) is 17.3. The maximum atomic E-state index is 5.72. The largest absolute Gasteiger partial charge is 0.492 e. The highest BCUT2D eigenvalue weighted by Gasteiger charge is 2.10. The molecule has 0 unspecified atom stereocenters. The second kappa shape index (κ2) is 12.1. The third kappa shape index (κ3) is 7.75. The number of hydrogen-bond acceptors (Lipinski definition) is 4. The van der Waals surface area contributed by atoms with E-state index in [1.807, 2.05) is 30.3 Å². The standard InChI is InChI=1S/C23H32N4O2/c1-2-24-23(25-12-15-29-22-6-4-3-5-7-22)26-18-20-8-10-21(11-9-20)19-27-13-16-28-17-14-27/h3-11H,2,12-19H2,1H3,(H2,24,25,26). The average Bonchev–Trinajstić information content (AvgIpc) is 2.77. The van der Waals surface area contributed by atoms with E-state index in [9.17, 15) is 0 Å². The molecule has 1 fully saturated rings. The van der Waals surface area contributed by atoms with Gasteiger partial charge >= 0.3 is 0 Å². The summed E-state index contributed by atoms with van der Waals surface area (Å²) in [7, 11) is 0. The first kappa shape index (κ1) is 21.1. The Morgan fingerprint density at radius 3 is 2.45 bits per heavy atom. The van der Waals surface area contributed by atoms with Gasteiger partial charge < -0.3 is 20.1 Å². The molecule has 1 aliphatic rings. The van der Waals surface area contributed by atoms with Crippen LogP contribution in [0.4, 0.5) is 0 Å². The summed E-state index contributed by atoms with van der Waals surface area (Å²) in [6, 6.07) is 18.6. The van der Waals surface area contributed by atoms with Crippen molar-refractivity contribution < 1.29 is 9.47 Å². The van der Waals surface area contributed by atoms with Gasteiger partial charge in [-0.3, -0.25) is 4.90 Å². The van der Waals surface area contributed by atoms with Crippen molar-refractivity contribution in [2.75, 3.05) is 46.0 Å². The normalized spacial score (nSPS) is 15.1. The van der Waals surface area contributed by atoms with E-state index in [1.54, 1.807) is 0 Å². The quantitative estimate of drug-likeness (QED) is 0.388. The highest BCUT2D eigenvalue weighted by Crippen LogP contribution is 2.10. The summed E-state index contributed by atoms with van der Waals surface area (Å²) in [6.07, 6.45) is 0. The van der Waals surface area contributed by atoms with Crippen molar-refractivity contribution in [3.63, 3.8) is 0 Å². The first-order valence-corrected chi connectivity index (χ1v) is 10.4. The monoisotopic (exact) mass is 396 g/mol. The average molecular weight is 397 g/mol. The number of nitrogens with one attached hydrogen (secondary N) is 2. The van der Waals surface area contributed by atoms with Crippen molar-refractivity contribution in [2.24, 2.45) is 4.99 Å². The van der Waals surface area contributed by atoms with Gasteiger partial charge in [-0.2, -0.15) is 0 Å². The first-order chi connectivity index (χ1) is 14.3. The van der Waals surface area contributed by atoms with Gasteiger partial charge in [0, 0.05) is 26.2 Å². The van der Waals surface area contributed by atoms with Crippen LogP contribution >= 0.6 is 0 Å². The number of hydrogen-bond donors (Lipinski definition) is 2. The lowest BCUT2D eigenvalue weighted by Crippen LogP contribution is -2.39. The molecule has 2 aromatic rings. The minimum Gasteiger partial charge on any atom is -0.492 e. The van der Waals surface area contributed by atoms with E-state index in [1.165, 1.54) is 11.1 Å². The molecular formula is C23H32N4O2. The molecule has 0 atom stereocenters. The lowest BCUT2D eigenvalue weighted by Gasteiger charge is -2.26. The van der Waals surface area contributed by atoms with Crippen LogP contribution < -0.4 is 15.4 Å². The second-order valence-corrected chi connectivity index (χ2v) is 6.99. The Balaban J connectivity index is 1.43. The summed E-state index contributed by atoms with van der Waals surface area (Å²) in [6.45, 7) is 9.50. The highest BCUT2D eigenvalue weighted by atomic mass is 16.5. The molecule has 1 saturated heterocycles. The number of guanidine groups is 1. The fourth-order valence-electron chi connectivity index (χ4n) is 3.13. The van der Waals surface area contributed by atoms with E-state index >= 15 is 0 Å². The van der Waals surface area contributed by atoms with Gasteiger partial charge in [-0.1, -0.05) is 42.5 Å². The van der Waals surface area contributed by atoms with Crippen LogP contribution in [0.2, 0.25) is 0 Å². The maximum Gasteiger partial charge on any atom is 0.191 e. The molecule has 2 N–H and O–H groups in total. The molecule has 0 radical (unpaired) electrons. The Bertz CT molecular complexity index is 728. The smallest absolute Gasteiger partial charge is 0.191 e. The van der Waals surface area contributed by atoms with Crippen LogP contribution in [0.3, 0.4) is 0 Å². The fraction of sp³-hybridized carbons (Fsp3) is 0.435. The number of ether oxygens (including phenoxy) is 2. The van der Waals surface area contributed by atoms with E-state index in [4.69, 9.17) is 9.47 Å². The number of rotatable bonds is 9. The molecule has 6 nitrogen and oxygen atoms in total. The lowest BCUT2D eigenvalue weighted by atomic mass is 10.1. The SMILES string of the molecule is CCNC(=NCc1ccc(CN2CCOCC2)cc1)NCCOc1ccccc1. The summed E-state index contributed by atoms with van der Waals surface area (Å²) in [5, 5.41) is 6.60. The summed E-state index contributed by atoms with van der Waals surface area (Å²) in [5.74, 6) is 1.69. The molecule has 0 saturated carbocycles. The summed E-state index contributed by atoms with van der Waals surface area (Å²) in [5.41, 5.74) is 2.54. The van der Waals surface area contributed by atoms with Crippen LogP contribution in [-0.4, -0.2) is 56.9 Å². The molecule has 1 heterocycles. The van der Waals surface area contributed by atoms with Crippen molar-refractivity contribution in [1.29, 1.82) is 0 Å². The molecule has 3 rings (SSSR count). The number of morpholine rings is 1. The topological polar surface area (TPSA) is 58.1 Å². The molecule has 2 aromatic carbocycles. The number of nitrogens with zero attached hydrogens (tertiary/aromatic N) is 2. The Hall–Kier alpha value is -2.57. The zero-order valence-corrected chi connectivity index (χ0v) is 17.3. The maximum absolute atomic E-state index is 5.72. The van der Waals surface area contributed by atoms with Crippen LogP contribution in [-0.2, 0) is 17.8 Å². The van der Waals surface area contributed by atoms with Gasteiger partial charge in [0.1, 0.15) is 12.4 Å². The van der Waals surface area contributed by atoms with Crippen molar-refractivity contribution in [3.8, 4) is 5.75 Å². The molecule has 29 heavy (non-hydrogen) atoms. The number of aliphatic imine (C=N–C) groups is 1. The van der Waals surface area contributed by atoms with E-state index in [-0.39, 0.29) is 0 Å². The molecule has 0 aliphatic carbocycles. The summed E-state index contributed by atoms with van der Waals surface area (Å²) in [4.78, 5) is 7.12. The van der Waals surface area contributed by atoms with Crippen LogP contribution in [0.5, 0.6) is 5.75 Å². The fourth-order valence-corrected chi connectivity index (χ4v) is 3.13. The van der Waals surface area contributed by atoms with Gasteiger partial charge in [0.15, 0.2) is 5.96 Å². The third-order valence-corrected chi connectivity index (χ3v) is 4.70. The second-order valence-electron chi connectivity index (χ2n) is 6.99. The molecule has 1 aliphatic heterocycles. The molecule has 0 bridgehead atoms. The van der Waals surface area contributed by atoms with E-state index in [0.717, 1.165) is 51.1 Å². The Morgan fingerprint density at radius 2 is 1.72 bits per heavy atom. The van der Waals surface area contributed by atoms with Crippen molar-refractivity contribution in [3.05, 3.63) is 65.7 Å². The van der Waals surface area contributed by atoms with Gasteiger partial charge in [-0.15, -0.1) is 0 Å². The Morgan fingerprint density at radius 1 is 1.00 bits per heavy atom. The lowest BCUT2D eigenvalue weighted by molar-refractivity contribution is 0.0342. The minimum absolute atomic E-state index is 0.588. The van der Waals surface area contributed by atoms with Gasteiger partial charge in [0.25, 0.3) is 0 Å². The van der Waals surface area contributed by atoms with Crippen LogP contribution in [0.25, 0.3) is 0 Å². The molecule has 0 aromatic heterocycles. The number of benzene rings is 2. The highest BCUT2D eigenvalue weighted by molar-refractivity contribution is 5.79. The summed E-state index contributed by atoms with van der Waals surface area (Å²) < 4.78 is 11.1. The van der Waals surface area contributed by atoms with Gasteiger partial charge in [0.05, 0.1) is 26.3 Å². The van der Waals surface area contributed by atoms with Gasteiger partial charge in [0.2, 0.25) is 0 Å². The minimum atomic E-state index is 0.588. The van der Waals surface area contributed by atoms with Crippen LogP contribution in [0.1, 0.15) is 18.1 Å². The van der Waals surface area contributed by atoms with Crippen molar-refractivity contribution >= 4 is 5.96 Å². The van der Waals surface area contributed by atoms with E-state index in [2.05, 4.69) is 51.7 Å². The zero-order chi connectivity index (χ0) is 20.2. The first-order valence-electron chi connectivity index (χ1n) is 10.4. The molecule has 156 valence electrons. The van der Waals surface area contributed by atoms with E-state index in [0.29, 0.717) is 19.7 Å². The van der Waals surface area contributed by atoms with Crippen molar-refractivity contribution in [1.82, 2.24) is 15.5 Å². The molecule has 0 amide bonds. The van der Waals surface area contributed by atoms with Crippen molar-refractivity contribution in [2.45, 2.75) is 20.0 Å². The predicted octanol–water partition coefficient (Wildman–Crippen LogP) is 2.65. The molecule has 0 spiro atoms. The van der Waals surface area contributed by atoms with Gasteiger partial charge in [-0.05, 0) is 30.2 Å². The van der Waals surface area contributed by atoms with E-state index < -0.39 is 0 Å². The Kier molecular flexibility index (Phi) is 8.82.